The zero-order valence-electron chi connectivity index (χ0n) is 14.4. The summed E-state index contributed by atoms with van der Waals surface area (Å²) in [4.78, 5) is 14.4. The van der Waals surface area contributed by atoms with Crippen LogP contribution in [0.3, 0.4) is 0 Å². The molecule has 0 aromatic heterocycles. The van der Waals surface area contributed by atoms with E-state index in [0.29, 0.717) is 18.7 Å². The lowest BCUT2D eigenvalue weighted by molar-refractivity contribution is -0.120. The molecule has 25 heavy (non-hydrogen) atoms. The van der Waals surface area contributed by atoms with Gasteiger partial charge in [-0.05, 0) is 28.8 Å². The second-order valence-corrected chi connectivity index (χ2v) is 6.40. The van der Waals surface area contributed by atoms with E-state index < -0.39 is 0 Å². The molecule has 1 saturated heterocycles. The highest BCUT2D eigenvalue weighted by molar-refractivity contribution is 5.78. The van der Waals surface area contributed by atoms with Crippen LogP contribution in [0.1, 0.15) is 16.7 Å². The number of ether oxygens (including phenoxy) is 1. The topological polar surface area (TPSA) is 67.6 Å². The minimum atomic E-state index is 0.0159. The summed E-state index contributed by atoms with van der Waals surface area (Å²) in [7, 11) is 0. The van der Waals surface area contributed by atoms with Crippen LogP contribution in [0.25, 0.3) is 0 Å². The zero-order valence-corrected chi connectivity index (χ0v) is 14.4. The molecule has 2 aromatic carbocycles. The van der Waals surface area contributed by atoms with Crippen molar-refractivity contribution in [3.8, 4) is 0 Å². The van der Waals surface area contributed by atoms with Gasteiger partial charge in [-0.2, -0.15) is 0 Å². The molecule has 5 heteroatoms. The number of nitrogen functional groups attached to an aromatic ring is 1. The van der Waals surface area contributed by atoms with Crippen LogP contribution in [0, 0.1) is 0 Å². The highest BCUT2D eigenvalue weighted by Gasteiger charge is 2.10. The van der Waals surface area contributed by atoms with E-state index in [9.17, 15) is 4.79 Å². The predicted molar refractivity (Wildman–Crippen MR) is 98.9 cm³/mol. The van der Waals surface area contributed by atoms with Gasteiger partial charge in [-0.3, -0.25) is 9.69 Å². The van der Waals surface area contributed by atoms with Gasteiger partial charge in [0.25, 0.3) is 0 Å². The molecule has 132 valence electrons. The van der Waals surface area contributed by atoms with Gasteiger partial charge in [0.05, 0.1) is 19.6 Å². The quantitative estimate of drug-likeness (QED) is 0.790. The van der Waals surface area contributed by atoms with E-state index in [1.165, 1.54) is 5.56 Å². The van der Waals surface area contributed by atoms with Crippen LogP contribution >= 0.6 is 0 Å². The van der Waals surface area contributed by atoms with Crippen LogP contribution < -0.4 is 11.1 Å². The lowest BCUT2D eigenvalue weighted by Crippen LogP contribution is -2.35. The molecule has 5 nitrogen and oxygen atoms in total. The Balaban J connectivity index is 1.44. The zero-order chi connectivity index (χ0) is 17.5. The van der Waals surface area contributed by atoms with Gasteiger partial charge >= 0.3 is 0 Å². The second kappa shape index (κ2) is 8.65. The molecule has 1 fully saturated rings. The van der Waals surface area contributed by atoms with Crippen LogP contribution in [-0.2, 0) is 29.0 Å². The fourth-order valence-electron chi connectivity index (χ4n) is 2.86. The maximum atomic E-state index is 12.0. The van der Waals surface area contributed by atoms with Gasteiger partial charge in [0.15, 0.2) is 0 Å². The predicted octanol–water partition coefficient (Wildman–Crippen LogP) is 1.96. The molecule has 3 rings (SSSR count). The highest BCUT2D eigenvalue weighted by atomic mass is 16.5. The summed E-state index contributed by atoms with van der Waals surface area (Å²) in [5, 5.41) is 2.97. The maximum Gasteiger partial charge on any atom is 0.224 e. The van der Waals surface area contributed by atoms with E-state index in [-0.39, 0.29) is 5.91 Å². The van der Waals surface area contributed by atoms with E-state index in [2.05, 4.69) is 34.5 Å². The second-order valence-electron chi connectivity index (χ2n) is 6.40. The number of nitrogens with zero attached hydrogens (tertiary/aromatic N) is 1. The molecule has 0 aliphatic carbocycles. The van der Waals surface area contributed by atoms with Crippen molar-refractivity contribution in [3.63, 3.8) is 0 Å². The molecule has 0 saturated carbocycles. The Morgan fingerprint density at radius 2 is 1.56 bits per heavy atom. The lowest BCUT2D eigenvalue weighted by atomic mass is 10.1. The highest BCUT2D eigenvalue weighted by Crippen LogP contribution is 2.10. The van der Waals surface area contributed by atoms with Gasteiger partial charge in [0, 0.05) is 31.9 Å². The third kappa shape index (κ3) is 5.59. The minimum absolute atomic E-state index is 0.0159. The Morgan fingerprint density at radius 3 is 2.24 bits per heavy atom. The van der Waals surface area contributed by atoms with Crippen molar-refractivity contribution in [1.29, 1.82) is 0 Å². The number of amides is 1. The SMILES string of the molecule is Nc1ccc(CC(=O)NCc2ccc(CN3CCOCC3)cc2)cc1. The Hall–Kier alpha value is -2.37. The molecule has 3 N–H and O–H groups in total. The van der Waals surface area contributed by atoms with Crippen molar-refractivity contribution in [2.45, 2.75) is 19.5 Å². The fraction of sp³-hybridized carbons (Fsp3) is 0.350. The van der Waals surface area contributed by atoms with E-state index in [0.717, 1.165) is 44.0 Å². The van der Waals surface area contributed by atoms with E-state index in [1.54, 1.807) is 0 Å². The molecular weight excluding hydrogens is 314 g/mol. The molecule has 0 atom stereocenters. The van der Waals surface area contributed by atoms with Crippen molar-refractivity contribution in [2.24, 2.45) is 0 Å². The molecule has 1 aliphatic heterocycles. The average molecular weight is 339 g/mol. The molecular formula is C20H25N3O2. The van der Waals surface area contributed by atoms with Gasteiger partial charge < -0.3 is 15.8 Å². The summed E-state index contributed by atoms with van der Waals surface area (Å²) < 4.78 is 5.37. The monoisotopic (exact) mass is 339 g/mol. The first kappa shape index (κ1) is 17.5. The van der Waals surface area contributed by atoms with E-state index in [4.69, 9.17) is 10.5 Å². The Kier molecular flexibility index (Phi) is 6.04. The maximum absolute atomic E-state index is 12.0. The number of rotatable bonds is 6. The molecule has 0 radical (unpaired) electrons. The number of nitrogens with two attached hydrogens (primary N) is 1. The van der Waals surface area contributed by atoms with Gasteiger partial charge in [-0.1, -0.05) is 36.4 Å². The van der Waals surface area contributed by atoms with Crippen LogP contribution in [0.4, 0.5) is 5.69 Å². The molecule has 1 amide bonds. The van der Waals surface area contributed by atoms with E-state index in [1.807, 2.05) is 24.3 Å². The molecule has 0 unspecified atom stereocenters. The standard InChI is InChI=1S/C20H25N3O2/c21-19-7-5-16(6-8-19)13-20(24)22-14-17-1-3-18(4-2-17)15-23-9-11-25-12-10-23/h1-8H,9-15,21H2,(H,22,24). The van der Waals surface area contributed by atoms with Crippen LogP contribution in [0.2, 0.25) is 0 Å². The molecule has 0 bridgehead atoms. The minimum Gasteiger partial charge on any atom is -0.399 e. The van der Waals surface area contributed by atoms with Gasteiger partial charge in [0.1, 0.15) is 0 Å². The van der Waals surface area contributed by atoms with Crippen molar-refractivity contribution in [3.05, 3.63) is 65.2 Å². The first-order chi connectivity index (χ1) is 12.2. The van der Waals surface area contributed by atoms with Crippen molar-refractivity contribution in [1.82, 2.24) is 10.2 Å². The third-order valence-corrected chi connectivity index (χ3v) is 4.37. The summed E-state index contributed by atoms with van der Waals surface area (Å²) >= 11 is 0. The van der Waals surface area contributed by atoms with Gasteiger partial charge in [0.2, 0.25) is 5.91 Å². The summed E-state index contributed by atoms with van der Waals surface area (Å²) in [5.41, 5.74) is 9.73. The first-order valence-corrected chi connectivity index (χ1v) is 8.68. The molecule has 0 spiro atoms. The number of hydrogen-bond acceptors (Lipinski definition) is 4. The number of nitrogens with one attached hydrogen (secondary N) is 1. The number of carbonyl (C=O) groups excluding carboxylic acids is 1. The third-order valence-electron chi connectivity index (χ3n) is 4.37. The molecule has 1 aliphatic rings. The normalized spacial score (nSPS) is 15.0. The molecule has 2 aromatic rings. The number of benzene rings is 2. The summed E-state index contributed by atoms with van der Waals surface area (Å²) in [6.45, 7) is 5.11. The van der Waals surface area contributed by atoms with Crippen LogP contribution in [-0.4, -0.2) is 37.1 Å². The Bertz CT molecular complexity index is 677. The van der Waals surface area contributed by atoms with Crippen molar-refractivity contribution < 1.29 is 9.53 Å². The van der Waals surface area contributed by atoms with Crippen LogP contribution in [0.5, 0.6) is 0 Å². The Labute approximate surface area is 148 Å². The summed E-state index contributed by atoms with van der Waals surface area (Å²) in [6, 6.07) is 15.8. The summed E-state index contributed by atoms with van der Waals surface area (Å²) in [6.07, 6.45) is 0.370. The first-order valence-electron chi connectivity index (χ1n) is 8.68. The smallest absolute Gasteiger partial charge is 0.224 e. The largest absolute Gasteiger partial charge is 0.399 e. The fourth-order valence-corrected chi connectivity index (χ4v) is 2.86. The average Bonchev–Trinajstić information content (AvgIpc) is 2.64. The Morgan fingerprint density at radius 1 is 0.960 bits per heavy atom. The summed E-state index contributed by atoms with van der Waals surface area (Å²) in [5.74, 6) is 0.0159. The lowest BCUT2D eigenvalue weighted by Gasteiger charge is -2.26. The number of anilines is 1. The van der Waals surface area contributed by atoms with Crippen molar-refractivity contribution >= 4 is 11.6 Å². The number of hydrogen-bond donors (Lipinski definition) is 2. The van der Waals surface area contributed by atoms with Gasteiger partial charge in [-0.15, -0.1) is 0 Å². The van der Waals surface area contributed by atoms with E-state index >= 15 is 0 Å². The molecule has 1 heterocycles. The van der Waals surface area contributed by atoms with Crippen LogP contribution in [0.15, 0.2) is 48.5 Å². The van der Waals surface area contributed by atoms with Crippen molar-refractivity contribution in [2.75, 3.05) is 32.0 Å². The number of carbonyl (C=O) groups is 1. The number of morpholine rings is 1. The van der Waals surface area contributed by atoms with Gasteiger partial charge in [-0.25, -0.2) is 0 Å².